The van der Waals surface area contributed by atoms with E-state index < -0.39 is 11.8 Å². The van der Waals surface area contributed by atoms with Crippen LogP contribution in [0, 0.1) is 18.2 Å². The van der Waals surface area contributed by atoms with Gasteiger partial charge in [-0.25, -0.2) is 9.18 Å². The molecule has 0 spiro atoms. The predicted octanol–water partition coefficient (Wildman–Crippen LogP) is 6.94. The first-order chi connectivity index (χ1) is 14.7. The number of hydrogen-bond donors (Lipinski definition) is 0. The smallest absolute Gasteiger partial charge is 0.346 e. The van der Waals surface area contributed by atoms with Crippen LogP contribution in [0.15, 0.2) is 42.5 Å². The Balaban J connectivity index is 1.50. The molecule has 0 heterocycles. The van der Waals surface area contributed by atoms with Gasteiger partial charge >= 0.3 is 5.97 Å². The molecule has 0 N–H and O–H groups in total. The van der Waals surface area contributed by atoms with Crippen LogP contribution in [-0.4, -0.2) is 12.6 Å². The zero-order valence-corrected chi connectivity index (χ0v) is 17.9. The number of carbonyl (C=O) groups is 1. The summed E-state index contributed by atoms with van der Waals surface area (Å²) in [7, 11) is 0. The van der Waals surface area contributed by atoms with E-state index in [9.17, 15) is 9.18 Å². The van der Waals surface area contributed by atoms with Crippen LogP contribution in [0.1, 0.15) is 74.2 Å². The van der Waals surface area contributed by atoms with Crippen molar-refractivity contribution in [2.75, 3.05) is 6.61 Å². The van der Waals surface area contributed by atoms with E-state index in [0.717, 1.165) is 31.6 Å². The maximum Gasteiger partial charge on any atom is 0.346 e. The predicted molar refractivity (Wildman–Crippen MR) is 117 cm³/mol. The lowest BCUT2D eigenvalue weighted by molar-refractivity contribution is 0.0730. The summed E-state index contributed by atoms with van der Waals surface area (Å²) in [5.74, 6) is 0.343. The molecule has 0 aliphatic heterocycles. The van der Waals surface area contributed by atoms with Gasteiger partial charge in [0.1, 0.15) is 17.3 Å². The first kappa shape index (κ1) is 22.3. The van der Waals surface area contributed by atoms with Crippen molar-refractivity contribution in [3.8, 4) is 11.5 Å². The lowest BCUT2D eigenvalue weighted by Gasteiger charge is -2.21. The molecule has 30 heavy (non-hydrogen) atoms. The number of halogens is 1. The highest BCUT2D eigenvalue weighted by atomic mass is 19.1. The third kappa shape index (κ3) is 6.86. The van der Waals surface area contributed by atoms with Crippen molar-refractivity contribution in [1.29, 1.82) is 0 Å². The van der Waals surface area contributed by atoms with Crippen LogP contribution in [-0.2, 0) is 6.42 Å². The Hall–Kier alpha value is -2.36. The summed E-state index contributed by atoms with van der Waals surface area (Å²) in [4.78, 5) is 12.4. The fraction of sp³-hybridized carbons (Fsp3) is 0.462. The number of aryl methyl sites for hydroxylation is 1. The van der Waals surface area contributed by atoms with Gasteiger partial charge in [0, 0.05) is 6.07 Å². The molecule has 1 aliphatic carbocycles. The van der Waals surface area contributed by atoms with Gasteiger partial charge in [-0.15, -0.1) is 0 Å². The standard InChI is InChI=1S/C26H32FO3/c1-2-3-7-18-29-23-16-17-24(25(27)19-23)26(28)30-22-14-12-21(13-15-22)11-10-20-8-5-4-6-9-20/h4,12-17,19-20H,2-3,5-11,18H2,1H3. The van der Waals surface area contributed by atoms with Crippen molar-refractivity contribution < 1.29 is 18.7 Å². The van der Waals surface area contributed by atoms with Crippen molar-refractivity contribution in [2.24, 2.45) is 5.92 Å². The van der Waals surface area contributed by atoms with Gasteiger partial charge in [0.25, 0.3) is 0 Å². The minimum atomic E-state index is -0.698. The summed E-state index contributed by atoms with van der Waals surface area (Å²) < 4.78 is 25.2. The Bertz CT molecular complexity index is 794. The molecule has 0 atom stereocenters. The van der Waals surface area contributed by atoms with Crippen molar-refractivity contribution in [2.45, 2.75) is 64.7 Å². The number of ether oxygens (including phenoxy) is 2. The Kier molecular flexibility index (Phi) is 8.73. The minimum Gasteiger partial charge on any atom is -0.493 e. The highest BCUT2D eigenvalue weighted by Crippen LogP contribution is 2.27. The van der Waals surface area contributed by atoms with E-state index >= 15 is 0 Å². The summed E-state index contributed by atoms with van der Waals surface area (Å²) in [6.07, 6.45) is 12.8. The van der Waals surface area contributed by atoms with Gasteiger partial charge in [-0.3, -0.25) is 0 Å². The van der Waals surface area contributed by atoms with E-state index in [0.29, 0.717) is 18.1 Å². The van der Waals surface area contributed by atoms with E-state index in [2.05, 4.69) is 13.3 Å². The average Bonchev–Trinajstić information content (AvgIpc) is 2.77. The van der Waals surface area contributed by atoms with Gasteiger partial charge in [0.2, 0.25) is 0 Å². The first-order valence-corrected chi connectivity index (χ1v) is 11.2. The fourth-order valence-electron chi connectivity index (χ4n) is 3.83. The topological polar surface area (TPSA) is 35.5 Å². The molecule has 4 heteroatoms. The Morgan fingerprint density at radius 2 is 1.77 bits per heavy atom. The first-order valence-electron chi connectivity index (χ1n) is 11.2. The molecule has 1 radical (unpaired) electrons. The Morgan fingerprint density at radius 3 is 2.47 bits per heavy atom. The fourth-order valence-corrected chi connectivity index (χ4v) is 3.83. The van der Waals surface area contributed by atoms with Crippen LogP contribution in [0.5, 0.6) is 11.5 Å². The number of rotatable bonds is 10. The van der Waals surface area contributed by atoms with Crippen LogP contribution in [0.25, 0.3) is 0 Å². The van der Waals surface area contributed by atoms with Crippen LogP contribution in [0.2, 0.25) is 0 Å². The zero-order valence-electron chi connectivity index (χ0n) is 17.9. The van der Waals surface area contributed by atoms with Crippen molar-refractivity contribution >= 4 is 5.97 Å². The van der Waals surface area contributed by atoms with Crippen molar-refractivity contribution in [1.82, 2.24) is 0 Å². The summed E-state index contributed by atoms with van der Waals surface area (Å²) in [5.41, 5.74) is 1.15. The van der Waals surface area contributed by atoms with E-state index in [1.807, 2.05) is 12.1 Å². The number of hydrogen-bond acceptors (Lipinski definition) is 3. The molecule has 0 amide bonds. The second kappa shape index (κ2) is 11.7. The van der Waals surface area contributed by atoms with Gasteiger partial charge in [-0.05, 0) is 74.3 Å². The number of unbranched alkanes of at least 4 members (excludes halogenated alkanes) is 2. The molecule has 2 aromatic carbocycles. The second-order valence-corrected chi connectivity index (χ2v) is 8.08. The summed E-state index contributed by atoms with van der Waals surface area (Å²) >= 11 is 0. The lowest BCUT2D eigenvalue weighted by atomic mass is 9.85. The van der Waals surface area contributed by atoms with Crippen LogP contribution in [0.4, 0.5) is 4.39 Å². The van der Waals surface area contributed by atoms with E-state index in [4.69, 9.17) is 9.47 Å². The van der Waals surface area contributed by atoms with Crippen LogP contribution >= 0.6 is 0 Å². The Labute approximate surface area is 179 Å². The zero-order chi connectivity index (χ0) is 21.2. The van der Waals surface area contributed by atoms with Gasteiger partial charge < -0.3 is 9.47 Å². The Morgan fingerprint density at radius 1 is 1.03 bits per heavy atom. The summed E-state index contributed by atoms with van der Waals surface area (Å²) in [6, 6.07) is 11.8. The van der Waals surface area contributed by atoms with Gasteiger partial charge in [-0.2, -0.15) is 0 Å². The van der Waals surface area contributed by atoms with Gasteiger partial charge in [0.15, 0.2) is 0 Å². The van der Waals surface area contributed by atoms with Crippen LogP contribution < -0.4 is 9.47 Å². The molecule has 1 saturated carbocycles. The third-order valence-electron chi connectivity index (χ3n) is 5.71. The van der Waals surface area contributed by atoms with E-state index in [1.54, 1.807) is 18.2 Å². The number of benzene rings is 2. The molecule has 161 valence electrons. The normalized spacial score (nSPS) is 14.5. The number of carbonyl (C=O) groups excluding carboxylic acids is 1. The molecule has 1 aliphatic rings. The van der Waals surface area contributed by atoms with Crippen molar-refractivity contribution in [3.05, 3.63) is 65.8 Å². The third-order valence-corrected chi connectivity index (χ3v) is 5.71. The molecule has 1 fully saturated rings. The second-order valence-electron chi connectivity index (χ2n) is 8.08. The molecule has 0 aromatic heterocycles. The molecule has 0 bridgehead atoms. The van der Waals surface area contributed by atoms with E-state index in [1.165, 1.54) is 49.8 Å². The van der Waals surface area contributed by atoms with Crippen LogP contribution in [0.3, 0.4) is 0 Å². The van der Waals surface area contributed by atoms with Gasteiger partial charge in [0.05, 0.1) is 12.2 Å². The highest BCUT2D eigenvalue weighted by molar-refractivity contribution is 5.91. The molecule has 3 nitrogen and oxygen atoms in total. The average molecular weight is 412 g/mol. The van der Waals surface area contributed by atoms with E-state index in [-0.39, 0.29) is 5.56 Å². The molecule has 0 unspecified atom stereocenters. The monoisotopic (exact) mass is 411 g/mol. The molecule has 2 aromatic rings. The molecular weight excluding hydrogens is 379 g/mol. The molecule has 0 saturated heterocycles. The maximum absolute atomic E-state index is 14.3. The quantitative estimate of drug-likeness (QED) is 0.241. The lowest BCUT2D eigenvalue weighted by Crippen LogP contribution is -2.11. The summed E-state index contributed by atoms with van der Waals surface area (Å²) in [6.45, 7) is 2.66. The molecular formula is C26H32FO3. The minimum absolute atomic E-state index is 0.0888. The number of esters is 1. The van der Waals surface area contributed by atoms with Gasteiger partial charge in [-0.1, -0.05) is 44.7 Å². The maximum atomic E-state index is 14.3. The highest BCUT2D eigenvalue weighted by Gasteiger charge is 2.16. The SMILES string of the molecule is CCCCCOc1ccc(C(=O)Oc2ccc(CCC3CC[CH]CC3)cc2)c(F)c1. The van der Waals surface area contributed by atoms with Crippen molar-refractivity contribution in [3.63, 3.8) is 0 Å². The largest absolute Gasteiger partial charge is 0.493 e. The molecule has 3 rings (SSSR count). The summed E-state index contributed by atoms with van der Waals surface area (Å²) in [5, 5.41) is 0.